The Balaban J connectivity index is 1.76. The quantitative estimate of drug-likeness (QED) is 0.595. The summed E-state index contributed by atoms with van der Waals surface area (Å²) < 4.78 is 60.8. The number of carbonyl (C=O) groups is 1. The van der Waals surface area contributed by atoms with Crippen molar-refractivity contribution in [1.82, 2.24) is 9.21 Å². The summed E-state index contributed by atoms with van der Waals surface area (Å²) in [5.74, 6) is -1.26. The van der Waals surface area contributed by atoms with Crippen LogP contribution in [-0.4, -0.2) is 57.3 Å². The number of nitrogens with one attached hydrogen (secondary N) is 1. The first-order valence-electron chi connectivity index (χ1n) is 11.3. The van der Waals surface area contributed by atoms with Crippen LogP contribution in [0.3, 0.4) is 0 Å². The second-order valence-corrected chi connectivity index (χ2v) is 10.4. The van der Waals surface area contributed by atoms with E-state index in [1.54, 1.807) is 18.9 Å². The Hall–Kier alpha value is -2.56. The van der Waals surface area contributed by atoms with Gasteiger partial charge in [0.15, 0.2) is 0 Å². The van der Waals surface area contributed by atoms with Crippen LogP contribution < -0.4 is 10.1 Å². The molecule has 1 unspecified atom stereocenters. The summed E-state index contributed by atoms with van der Waals surface area (Å²) in [6, 6.07) is 7.00. The second kappa shape index (κ2) is 11.2. The normalized spacial score (nSPS) is 16.2. The number of methoxy groups -OCH3 is 1. The first kappa shape index (κ1) is 26.1. The third kappa shape index (κ3) is 6.11. The molecule has 1 N–H and O–H groups in total. The summed E-state index contributed by atoms with van der Waals surface area (Å²) in [6.45, 7) is 2.47. The van der Waals surface area contributed by atoms with Gasteiger partial charge in [-0.15, -0.1) is 0 Å². The third-order valence-electron chi connectivity index (χ3n) is 6.11. The fourth-order valence-electron chi connectivity index (χ4n) is 4.00. The first-order valence-corrected chi connectivity index (χ1v) is 12.7. The van der Waals surface area contributed by atoms with Crippen molar-refractivity contribution >= 4 is 21.6 Å². The van der Waals surface area contributed by atoms with Crippen molar-refractivity contribution < 1.29 is 26.7 Å². The Morgan fingerprint density at radius 2 is 1.79 bits per heavy atom. The van der Waals surface area contributed by atoms with E-state index in [-0.39, 0.29) is 22.7 Å². The fourth-order valence-corrected chi connectivity index (χ4v) is 5.55. The van der Waals surface area contributed by atoms with Crippen LogP contribution in [0.1, 0.15) is 44.2 Å². The van der Waals surface area contributed by atoms with Gasteiger partial charge in [0.25, 0.3) is 0 Å². The zero-order valence-corrected chi connectivity index (χ0v) is 20.5. The number of ether oxygens (including phenoxy) is 1. The molecular formula is C24H31F2N3O4S. The monoisotopic (exact) mass is 495 g/mol. The molecule has 2 aromatic rings. The van der Waals surface area contributed by atoms with Crippen molar-refractivity contribution in [3.8, 4) is 5.75 Å². The maximum Gasteiger partial charge on any atom is 0.243 e. The number of likely N-dealkylation sites (N-methyl/N-ethyl adjacent to an activating group) is 1. The van der Waals surface area contributed by atoms with Gasteiger partial charge in [-0.05, 0) is 63.2 Å². The van der Waals surface area contributed by atoms with Crippen LogP contribution in [0, 0.1) is 11.6 Å². The van der Waals surface area contributed by atoms with E-state index in [1.165, 1.54) is 29.6 Å². The molecule has 186 valence electrons. The van der Waals surface area contributed by atoms with Gasteiger partial charge in [-0.3, -0.25) is 9.69 Å². The Morgan fingerprint density at radius 1 is 1.12 bits per heavy atom. The van der Waals surface area contributed by atoms with E-state index in [4.69, 9.17) is 4.74 Å². The molecule has 10 heteroatoms. The van der Waals surface area contributed by atoms with E-state index in [1.807, 2.05) is 0 Å². The summed E-state index contributed by atoms with van der Waals surface area (Å²) >= 11 is 0. The van der Waals surface area contributed by atoms with E-state index >= 15 is 0 Å². The summed E-state index contributed by atoms with van der Waals surface area (Å²) in [4.78, 5) is 14.4. The molecule has 0 spiro atoms. The van der Waals surface area contributed by atoms with E-state index in [0.29, 0.717) is 18.8 Å². The van der Waals surface area contributed by atoms with Crippen LogP contribution >= 0.6 is 0 Å². The van der Waals surface area contributed by atoms with Crippen LogP contribution in [0.5, 0.6) is 5.75 Å². The van der Waals surface area contributed by atoms with Crippen LogP contribution in [0.15, 0.2) is 41.3 Å². The first-order chi connectivity index (χ1) is 16.1. The lowest BCUT2D eigenvalue weighted by molar-refractivity contribution is -0.117. The van der Waals surface area contributed by atoms with Crippen molar-refractivity contribution in [1.29, 1.82) is 0 Å². The standard InChI is InChI=1S/C24H31F2N3O4S/c1-17(20-14-18(25)8-10-21(20)26)28(2)16-24(30)27-22-15-19(9-11-23(22)33-3)34(31,32)29-12-6-4-5-7-13-29/h8-11,14-15,17H,4-7,12-13,16H2,1-3H3,(H,27,30). The molecule has 1 atom stereocenters. The van der Waals surface area contributed by atoms with Crippen molar-refractivity contribution in [2.24, 2.45) is 0 Å². The summed E-state index contributed by atoms with van der Waals surface area (Å²) in [5, 5.41) is 2.70. The zero-order chi connectivity index (χ0) is 24.9. The van der Waals surface area contributed by atoms with Gasteiger partial charge in [-0.1, -0.05) is 12.8 Å². The van der Waals surface area contributed by atoms with Gasteiger partial charge < -0.3 is 10.1 Å². The molecule has 0 radical (unpaired) electrons. The molecule has 1 fully saturated rings. The molecule has 0 bridgehead atoms. The third-order valence-corrected chi connectivity index (χ3v) is 8.00. The molecule has 2 aromatic carbocycles. The number of benzene rings is 2. The fraction of sp³-hybridized carbons (Fsp3) is 0.458. The van der Waals surface area contributed by atoms with Gasteiger partial charge in [-0.2, -0.15) is 4.31 Å². The minimum atomic E-state index is -3.71. The number of sulfonamides is 1. The van der Waals surface area contributed by atoms with Gasteiger partial charge in [0.1, 0.15) is 17.4 Å². The topological polar surface area (TPSA) is 79.0 Å². The summed E-state index contributed by atoms with van der Waals surface area (Å²) in [6.07, 6.45) is 3.63. The lowest BCUT2D eigenvalue weighted by Crippen LogP contribution is -2.33. The summed E-state index contributed by atoms with van der Waals surface area (Å²) in [7, 11) is -0.669. The number of hydrogen-bond acceptors (Lipinski definition) is 5. The molecule has 1 amide bonds. The molecule has 0 aliphatic carbocycles. The van der Waals surface area contributed by atoms with E-state index in [0.717, 1.165) is 43.9 Å². The van der Waals surface area contributed by atoms with Gasteiger partial charge in [0, 0.05) is 24.7 Å². The van der Waals surface area contributed by atoms with Crippen LogP contribution in [0.4, 0.5) is 14.5 Å². The van der Waals surface area contributed by atoms with Crippen molar-refractivity contribution in [3.63, 3.8) is 0 Å². The molecule has 1 heterocycles. The Bertz CT molecular complexity index is 1120. The molecule has 34 heavy (non-hydrogen) atoms. The van der Waals surface area contributed by atoms with Gasteiger partial charge in [-0.25, -0.2) is 17.2 Å². The van der Waals surface area contributed by atoms with E-state index < -0.39 is 33.6 Å². The molecule has 3 rings (SSSR count). The van der Waals surface area contributed by atoms with Gasteiger partial charge in [0.2, 0.25) is 15.9 Å². The SMILES string of the molecule is COc1ccc(S(=O)(=O)N2CCCCCC2)cc1NC(=O)CN(C)C(C)c1cc(F)ccc1F. The van der Waals surface area contributed by atoms with Crippen LogP contribution in [-0.2, 0) is 14.8 Å². The number of hydrogen-bond donors (Lipinski definition) is 1. The number of nitrogens with zero attached hydrogens (tertiary/aromatic N) is 2. The molecule has 0 aromatic heterocycles. The molecular weight excluding hydrogens is 464 g/mol. The predicted octanol–water partition coefficient (Wildman–Crippen LogP) is 4.17. The second-order valence-electron chi connectivity index (χ2n) is 8.49. The predicted molar refractivity (Wildman–Crippen MR) is 126 cm³/mol. The molecule has 1 aliphatic rings. The maximum absolute atomic E-state index is 14.1. The highest BCUT2D eigenvalue weighted by atomic mass is 32.2. The molecule has 1 saturated heterocycles. The smallest absolute Gasteiger partial charge is 0.243 e. The number of anilines is 1. The highest BCUT2D eigenvalue weighted by Crippen LogP contribution is 2.30. The van der Waals surface area contributed by atoms with Crippen molar-refractivity contribution in [2.45, 2.75) is 43.5 Å². The average molecular weight is 496 g/mol. The Morgan fingerprint density at radius 3 is 2.44 bits per heavy atom. The van der Waals surface area contributed by atoms with E-state index in [2.05, 4.69) is 5.32 Å². The highest BCUT2D eigenvalue weighted by molar-refractivity contribution is 7.89. The highest BCUT2D eigenvalue weighted by Gasteiger charge is 2.26. The van der Waals surface area contributed by atoms with Gasteiger partial charge >= 0.3 is 0 Å². The van der Waals surface area contributed by atoms with Gasteiger partial charge in [0.05, 0.1) is 24.2 Å². The average Bonchev–Trinajstić information content (AvgIpc) is 3.10. The lowest BCUT2D eigenvalue weighted by atomic mass is 10.1. The number of halogens is 2. The minimum Gasteiger partial charge on any atom is -0.495 e. The number of amides is 1. The zero-order valence-electron chi connectivity index (χ0n) is 19.7. The van der Waals surface area contributed by atoms with Crippen molar-refractivity contribution in [2.75, 3.05) is 39.1 Å². The maximum atomic E-state index is 14.1. The van der Waals surface area contributed by atoms with Crippen LogP contribution in [0.25, 0.3) is 0 Å². The Kier molecular flexibility index (Phi) is 8.62. The molecule has 1 aliphatic heterocycles. The number of rotatable bonds is 8. The molecule has 0 saturated carbocycles. The summed E-state index contributed by atoms with van der Waals surface area (Å²) in [5.41, 5.74) is 0.361. The van der Waals surface area contributed by atoms with Crippen LogP contribution in [0.2, 0.25) is 0 Å². The lowest BCUT2D eigenvalue weighted by Gasteiger charge is -2.25. The number of carbonyl (C=O) groups excluding carboxylic acids is 1. The van der Waals surface area contributed by atoms with E-state index in [9.17, 15) is 22.0 Å². The Labute approximate surface area is 199 Å². The largest absolute Gasteiger partial charge is 0.495 e. The molecule has 7 nitrogen and oxygen atoms in total. The van der Waals surface area contributed by atoms with Crippen molar-refractivity contribution in [3.05, 3.63) is 53.6 Å². The minimum absolute atomic E-state index is 0.0778.